The Balaban J connectivity index is 2.40. The Morgan fingerprint density at radius 3 is 2.52 bits per heavy atom. The van der Waals surface area contributed by atoms with Crippen LogP contribution in [0.4, 0.5) is 17.6 Å². The van der Waals surface area contributed by atoms with E-state index in [-0.39, 0.29) is 27.1 Å². The van der Waals surface area contributed by atoms with Gasteiger partial charge in [0.05, 0.1) is 6.61 Å². The molecule has 0 spiro atoms. The van der Waals surface area contributed by atoms with Crippen molar-refractivity contribution in [3.8, 4) is 16.9 Å². The topological polar surface area (TPSA) is 46.5 Å². The van der Waals surface area contributed by atoms with E-state index < -0.39 is 40.6 Å². The number of hydrogen-bond donors (Lipinski definition) is 1. The van der Waals surface area contributed by atoms with Crippen LogP contribution in [0.1, 0.15) is 16.6 Å². The molecule has 0 aliphatic rings. The molecule has 1 heterocycles. The van der Waals surface area contributed by atoms with Gasteiger partial charge in [0.25, 0.3) is 0 Å². The van der Waals surface area contributed by atoms with Crippen LogP contribution in [0.5, 0.6) is 5.75 Å². The van der Waals surface area contributed by atoms with Crippen molar-refractivity contribution in [1.82, 2.24) is 0 Å². The van der Waals surface area contributed by atoms with Crippen LogP contribution in [-0.2, 0) is 0 Å². The van der Waals surface area contributed by atoms with E-state index in [1.165, 1.54) is 13.0 Å². The summed E-state index contributed by atoms with van der Waals surface area (Å²) in [4.78, 5) is 11.2. The van der Waals surface area contributed by atoms with E-state index in [9.17, 15) is 27.5 Å². The third kappa shape index (κ3) is 2.82. The number of aromatic carboxylic acids is 1. The lowest BCUT2D eigenvalue weighted by Gasteiger charge is -2.11. The van der Waals surface area contributed by atoms with E-state index in [1.807, 2.05) is 0 Å². The zero-order valence-electron chi connectivity index (χ0n) is 12.7. The molecule has 1 N–H and O–H groups in total. The quantitative estimate of drug-likeness (QED) is 0.506. The highest BCUT2D eigenvalue weighted by molar-refractivity contribution is 7.21. The van der Waals surface area contributed by atoms with Gasteiger partial charge in [-0.05, 0) is 31.2 Å². The standard InChI is InChI=1S/C17H10F4O3S/c1-2-24-15-13(20)9(6-10(19)14(15)21)12-8-4-3-7(18)5-11(8)25-16(12)17(22)23/h3-6H,2H2,1H3,(H,22,23). The summed E-state index contributed by atoms with van der Waals surface area (Å²) >= 11 is 0.716. The summed E-state index contributed by atoms with van der Waals surface area (Å²) < 4.78 is 60.9. The maximum atomic E-state index is 14.7. The third-order valence-electron chi connectivity index (χ3n) is 3.52. The van der Waals surface area contributed by atoms with E-state index in [2.05, 4.69) is 0 Å². The lowest BCUT2D eigenvalue weighted by molar-refractivity contribution is 0.0703. The van der Waals surface area contributed by atoms with Crippen LogP contribution >= 0.6 is 11.3 Å². The summed E-state index contributed by atoms with van der Waals surface area (Å²) in [5.41, 5.74) is -0.609. The number of rotatable bonds is 4. The second-order valence-corrected chi connectivity index (χ2v) is 6.10. The summed E-state index contributed by atoms with van der Waals surface area (Å²) in [5.74, 6) is -7.00. The van der Waals surface area contributed by atoms with Crippen molar-refractivity contribution in [2.75, 3.05) is 6.61 Å². The first kappa shape index (κ1) is 17.2. The fraction of sp³-hybridized carbons (Fsp3) is 0.118. The van der Waals surface area contributed by atoms with Gasteiger partial charge in [-0.25, -0.2) is 18.0 Å². The maximum absolute atomic E-state index is 14.7. The number of carbonyl (C=O) groups is 1. The van der Waals surface area contributed by atoms with E-state index in [4.69, 9.17) is 4.74 Å². The van der Waals surface area contributed by atoms with Gasteiger partial charge in [-0.2, -0.15) is 4.39 Å². The second-order valence-electron chi connectivity index (χ2n) is 5.05. The third-order valence-corrected chi connectivity index (χ3v) is 4.66. The molecular formula is C17H10F4O3S. The number of hydrogen-bond acceptors (Lipinski definition) is 3. The SMILES string of the molecule is CCOc1c(F)c(F)cc(-c2c(C(=O)O)sc3cc(F)ccc23)c1F. The molecule has 25 heavy (non-hydrogen) atoms. The van der Waals surface area contributed by atoms with Crippen LogP contribution in [0.2, 0.25) is 0 Å². The minimum Gasteiger partial charge on any atom is -0.488 e. The molecule has 1 aromatic heterocycles. The van der Waals surface area contributed by atoms with Gasteiger partial charge in [-0.1, -0.05) is 0 Å². The molecule has 0 aliphatic heterocycles. The number of fused-ring (bicyclic) bond motifs is 1. The van der Waals surface area contributed by atoms with Crippen molar-refractivity contribution >= 4 is 27.4 Å². The average Bonchev–Trinajstić information content (AvgIpc) is 2.93. The Hall–Kier alpha value is -2.61. The molecule has 2 aromatic carbocycles. The molecule has 3 nitrogen and oxygen atoms in total. The first-order valence-electron chi connectivity index (χ1n) is 7.11. The van der Waals surface area contributed by atoms with Crippen LogP contribution in [-0.4, -0.2) is 17.7 Å². The molecule has 0 saturated heterocycles. The van der Waals surface area contributed by atoms with Crippen molar-refractivity contribution in [2.24, 2.45) is 0 Å². The highest BCUT2D eigenvalue weighted by Crippen LogP contribution is 2.43. The molecule has 130 valence electrons. The van der Waals surface area contributed by atoms with Crippen molar-refractivity contribution in [2.45, 2.75) is 6.92 Å². The lowest BCUT2D eigenvalue weighted by Crippen LogP contribution is -2.03. The zero-order chi connectivity index (χ0) is 18.3. The van der Waals surface area contributed by atoms with Crippen molar-refractivity contribution in [1.29, 1.82) is 0 Å². The summed E-state index contributed by atoms with van der Waals surface area (Å²) in [6.07, 6.45) is 0. The van der Waals surface area contributed by atoms with Crippen LogP contribution < -0.4 is 4.74 Å². The zero-order valence-corrected chi connectivity index (χ0v) is 13.5. The van der Waals surface area contributed by atoms with Gasteiger partial charge in [-0.15, -0.1) is 11.3 Å². The normalized spacial score (nSPS) is 11.1. The number of carboxylic acid groups (broad SMARTS) is 1. The number of ether oxygens (including phenoxy) is 1. The minimum absolute atomic E-state index is 0.113. The molecule has 0 fully saturated rings. The first-order valence-corrected chi connectivity index (χ1v) is 7.92. The Bertz CT molecular complexity index is 997. The molecule has 0 amide bonds. The van der Waals surface area contributed by atoms with Gasteiger partial charge >= 0.3 is 5.97 Å². The maximum Gasteiger partial charge on any atom is 0.346 e. The van der Waals surface area contributed by atoms with Crippen molar-refractivity contribution < 1.29 is 32.2 Å². The van der Waals surface area contributed by atoms with Gasteiger partial charge in [0, 0.05) is 21.2 Å². The molecule has 0 atom stereocenters. The Morgan fingerprint density at radius 2 is 1.88 bits per heavy atom. The number of carboxylic acids is 1. The molecule has 8 heteroatoms. The Kier molecular flexibility index (Phi) is 4.38. The summed E-state index contributed by atoms with van der Waals surface area (Å²) in [6.45, 7) is 1.35. The first-order chi connectivity index (χ1) is 11.8. The highest BCUT2D eigenvalue weighted by atomic mass is 32.1. The molecule has 0 unspecified atom stereocenters. The monoisotopic (exact) mass is 370 g/mol. The van der Waals surface area contributed by atoms with Gasteiger partial charge in [0.15, 0.2) is 17.4 Å². The van der Waals surface area contributed by atoms with Gasteiger partial charge in [0.2, 0.25) is 5.82 Å². The molecular weight excluding hydrogens is 360 g/mol. The lowest BCUT2D eigenvalue weighted by atomic mass is 10.0. The van der Waals surface area contributed by atoms with Crippen LogP contribution in [0.15, 0.2) is 24.3 Å². The molecule has 3 aromatic rings. The Labute approximate surface area is 143 Å². The molecule has 0 bridgehead atoms. The van der Waals surface area contributed by atoms with Crippen LogP contribution in [0.25, 0.3) is 21.2 Å². The second kappa shape index (κ2) is 6.36. The Morgan fingerprint density at radius 1 is 1.16 bits per heavy atom. The largest absolute Gasteiger partial charge is 0.488 e. The fourth-order valence-corrected chi connectivity index (χ4v) is 3.60. The predicted molar refractivity (Wildman–Crippen MR) is 85.2 cm³/mol. The van der Waals surface area contributed by atoms with Crippen LogP contribution in [0.3, 0.4) is 0 Å². The molecule has 0 saturated carbocycles. The highest BCUT2D eigenvalue weighted by Gasteiger charge is 2.27. The molecule has 0 aliphatic carbocycles. The molecule has 3 rings (SSSR count). The average molecular weight is 370 g/mol. The van der Waals surface area contributed by atoms with E-state index in [0.29, 0.717) is 17.4 Å². The predicted octanol–water partition coefficient (Wildman–Crippen LogP) is 5.22. The van der Waals surface area contributed by atoms with Gasteiger partial charge in [0.1, 0.15) is 10.7 Å². The summed E-state index contributed by atoms with van der Waals surface area (Å²) in [6, 6.07) is 4.01. The minimum atomic E-state index is -1.49. The summed E-state index contributed by atoms with van der Waals surface area (Å²) in [5, 5.41) is 9.60. The van der Waals surface area contributed by atoms with E-state index in [0.717, 1.165) is 12.1 Å². The number of benzene rings is 2. The number of halogens is 4. The number of thiophene rings is 1. The smallest absolute Gasteiger partial charge is 0.346 e. The molecule has 0 radical (unpaired) electrons. The van der Waals surface area contributed by atoms with E-state index in [1.54, 1.807) is 0 Å². The van der Waals surface area contributed by atoms with Crippen LogP contribution in [0, 0.1) is 23.3 Å². The van der Waals surface area contributed by atoms with Crippen molar-refractivity contribution in [3.63, 3.8) is 0 Å². The van der Waals surface area contributed by atoms with Gasteiger partial charge in [-0.3, -0.25) is 0 Å². The van der Waals surface area contributed by atoms with Gasteiger partial charge < -0.3 is 9.84 Å². The van der Waals surface area contributed by atoms with E-state index >= 15 is 0 Å². The summed E-state index contributed by atoms with van der Waals surface area (Å²) in [7, 11) is 0. The fourth-order valence-electron chi connectivity index (χ4n) is 2.52. The van der Waals surface area contributed by atoms with Crippen molar-refractivity contribution in [3.05, 3.63) is 52.4 Å².